The summed E-state index contributed by atoms with van der Waals surface area (Å²) in [6.07, 6.45) is 5.51. The molecular formula is C41H50N12O10. The number of carboxylic acids is 1. The number of imidazole rings is 2. The molecule has 3 heterocycles. The van der Waals surface area contributed by atoms with E-state index in [9.17, 15) is 48.6 Å². The Labute approximate surface area is 360 Å². The number of nitrogens with zero attached hydrogens (tertiary/aromatic N) is 3. The number of primary amides is 1. The van der Waals surface area contributed by atoms with Gasteiger partial charge in [-0.25, -0.2) is 14.8 Å². The molecule has 0 unspecified atom stereocenters. The Morgan fingerprint density at radius 1 is 0.730 bits per heavy atom. The van der Waals surface area contributed by atoms with Crippen molar-refractivity contribution in [1.29, 1.82) is 0 Å². The second-order valence-corrected chi connectivity index (χ2v) is 14.9. The number of hydrogen-bond acceptors (Lipinski definition) is 12. The number of rotatable bonds is 22. The number of hydrogen-bond donors (Lipinski definition) is 11. The smallest absolute Gasteiger partial charge is 0.326 e. The maximum Gasteiger partial charge on any atom is 0.326 e. The molecule has 7 amide bonds. The highest BCUT2D eigenvalue weighted by atomic mass is 16.4. The first-order valence-electron chi connectivity index (χ1n) is 20.0. The second kappa shape index (κ2) is 22.3. The van der Waals surface area contributed by atoms with Crippen LogP contribution in [0.25, 0.3) is 0 Å². The molecule has 13 N–H and O–H groups in total. The van der Waals surface area contributed by atoms with Gasteiger partial charge in [-0.1, -0.05) is 42.5 Å². The van der Waals surface area contributed by atoms with Gasteiger partial charge in [0.25, 0.3) is 0 Å². The lowest BCUT2D eigenvalue weighted by molar-refractivity contribution is -0.142. The lowest BCUT2D eigenvalue weighted by atomic mass is 10.0. The molecule has 0 bridgehead atoms. The minimum Gasteiger partial charge on any atom is -0.508 e. The number of carbonyl (C=O) groups excluding carboxylic acids is 7. The van der Waals surface area contributed by atoms with E-state index < -0.39 is 96.5 Å². The predicted molar refractivity (Wildman–Crippen MR) is 221 cm³/mol. The van der Waals surface area contributed by atoms with Crippen LogP contribution in [0.1, 0.15) is 41.8 Å². The largest absolute Gasteiger partial charge is 0.508 e. The van der Waals surface area contributed by atoms with Crippen molar-refractivity contribution in [3.63, 3.8) is 0 Å². The summed E-state index contributed by atoms with van der Waals surface area (Å²) in [5.74, 6) is -7.00. The van der Waals surface area contributed by atoms with Crippen LogP contribution >= 0.6 is 0 Å². The van der Waals surface area contributed by atoms with Crippen molar-refractivity contribution in [2.75, 3.05) is 13.1 Å². The van der Waals surface area contributed by atoms with E-state index in [0.717, 1.165) is 0 Å². The molecule has 334 valence electrons. The van der Waals surface area contributed by atoms with Gasteiger partial charge in [0.1, 0.15) is 36.0 Å². The topological polar surface area (TPSA) is 350 Å². The van der Waals surface area contributed by atoms with E-state index in [1.807, 2.05) is 0 Å². The van der Waals surface area contributed by atoms with Gasteiger partial charge in [-0.15, -0.1) is 0 Å². The van der Waals surface area contributed by atoms with E-state index in [-0.39, 0.29) is 44.4 Å². The minimum absolute atomic E-state index is 0.000846. The van der Waals surface area contributed by atoms with Crippen molar-refractivity contribution in [2.45, 2.75) is 81.2 Å². The number of nitrogens with two attached hydrogens (primary N) is 2. The number of carbonyl (C=O) groups is 8. The molecule has 0 aliphatic carbocycles. The number of carboxylic acid groups (broad SMARTS) is 1. The summed E-state index contributed by atoms with van der Waals surface area (Å²) >= 11 is 0. The third kappa shape index (κ3) is 14.0. The number of H-pyrrole nitrogens is 2. The standard InChI is InChI=1S/C41H50N12O10/c42-28(15-25-18-44-21-47-25)36(57)51-31(14-24-8-10-27(54)11-9-24)40(61)53-12-4-7-33(53)39(60)50-29(13-23-5-2-1-3-6-23)37(58)46-20-35(56)49-30(17-34(43)55)38(59)52-32(41(62)63)16-26-19-45-22-48-26/h1-3,5-6,8-11,18-19,21-22,28-33,54H,4,7,12-17,20,42H2,(H2,43,55)(H,44,47)(H,45,48)(H,46,58)(H,49,56)(H,50,60)(H,51,57)(H,52,59)(H,62,63)/t28-,29-,30-,31-,32-,33-/m0/s1. The van der Waals surface area contributed by atoms with Gasteiger partial charge in [0.05, 0.1) is 31.7 Å². The van der Waals surface area contributed by atoms with Gasteiger partial charge in [0.15, 0.2) is 0 Å². The summed E-state index contributed by atoms with van der Waals surface area (Å²) in [6, 6.07) is 7.13. The fraction of sp³-hybridized carbons (Fsp3) is 0.366. The first-order chi connectivity index (χ1) is 30.2. The normalized spacial score (nSPS) is 15.8. The average molecular weight is 871 g/mol. The monoisotopic (exact) mass is 870 g/mol. The summed E-state index contributed by atoms with van der Waals surface area (Å²) in [7, 11) is 0. The van der Waals surface area contributed by atoms with Crippen molar-refractivity contribution in [3.05, 3.63) is 102 Å². The Hall–Kier alpha value is -7.62. The molecule has 2 aromatic heterocycles. The molecule has 1 aliphatic heterocycles. The molecule has 22 heteroatoms. The number of likely N-dealkylation sites (tertiary alicyclic amines) is 1. The van der Waals surface area contributed by atoms with E-state index in [1.54, 1.807) is 42.5 Å². The zero-order valence-electron chi connectivity index (χ0n) is 34.0. The Balaban J connectivity index is 1.26. The lowest BCUT2D eigenvalue weighted by Gasteiger charge is -2.30. The number of aromatic amines is 2. The van der Waals surface area contributed by atoms with Crippen LogP contribution in [0, 0.1) is 0 Å². The summed E-state index contributed by atoms with van der Waals surface area (Å²) in [5, 5.41) is 31.9. The van der Waals surface area contributed by atoms with Crippen LogP contribution in [-0.4, -0.2) is 132 Å². The highest BCUT2D eigenvalue weighted by Crippen LogP contribution is 2.21. The van der Waals surface area contributed by atoms with Crippen LogP contribution in [0.4, 0.5) is 0 Å². The summed E-state index contributed by atoms with van der Waals surface area (Å²) in [6.45, 7) is -0.570. The van der Waals surface area contributed by atoms with E-state index in [2.05, 4.69) is 46.5 Å². The van der Waals surface area contributed by atoms with Gasteiger partial charge in [0.2, 0.25) is 41.4 Å². The van der Waals surface area contributed by atoms with Crippen molar-refractivity contribution < 1.29 is 48.6 Å². The molecule has 63 heavy (non-hydrogen) atoms. The van der Waals surface area contributed by atoms with Gasteiger partial charge in [-0.05, 0) is 36.1 Å². The Kier molecular flexibility index (Phi) is 16.4. The maximum absolute atomic E-state index is 14.3. The molecule has 1 aliphatic rings. The van der Waals surface area contributed by atoms with Crippen molar-refractivity contribution in [1.82, 2.24) is 51.4 Å². The molecule has 5 rings (SSSR count). The van der Waals surface area contributed by atoms with Crippen LogP contribution < -0.4 is 38.1 Å². The molecule has 0 radical (unpaired) electrons. The lowest BCUT2D eigenvalue weighted by Crippen LogP contribution is -2.58. The fourth-order valence-electron chi connectivity index (χ4n) is 6.94. The van der Waals surface area contributed by atoms with Crippen molar-refractivity contribution in [2.24, 2.45) is 11.5 Å². The maximum atomic E-state index is 14.3. The third-order valence-corrected chi connectivity index (χ3v) is 10.2. The zero-order valence-corrected chi connectivity index (χ0v) is 34.0. The number of nitrogens with one attached hydrogen (secondary N) is 7. The molecular weight excluding hydrogens is 821 g/mol. The van der Waals surface area contributed by atoms with Gasteiger partial charge >= 0.3 is 5.97 Å². The summed E-state index contributed by atoms with van der Waals surface area (Å²) in [5.41, 5.74) is 13.8. The van der Waals surface area contributed by atoms with E-state index >= 15 is 0 Å². The Morgan fingerprint density at radius 2 is 1.35 bits per heavy atom. The van der Waals surface area contributed by atoms with Gasteiger partial charge in [-0.3, -0.25) is 33.6 Å². The van der Waals surface area contributed by atoms with Crippen LogP contribution in [0.3, 0.4) is 0 Å². The van der Waals surface area contributed by atoms with E-state index in [0.29, 0.717) is 28.9 Å². The number of aromatic nitrogens is 4. The van der Waals surface area contributed by atoms with E-state index in [1.165, 1.54) is 42.1 Å². The van der Waals surface area contributed by atoms with Crippen LogP contribution in [0.15, 0.2) is 79.6 Å². The summed E-state index contributed by atoms with van der Waals surface area (Å²) in [4.78, 5) is 120. The fourth-order valence-corrected chi connectivity index (χ4v) is 6.94. The molecule has 1 saturated heterocycles. The third-order valence-electron chi connectivity index (χ3n) is 10.2. The van der Waals surface area contributed by atoms with Gasteiger partial charge in [0, 0.05) is 56.0 Å². The zero-order chi connectivity index (χ0) is 45.5. The molecule has 1 fully saturated rings. The Morgan fingerprint density at radius 3 is 1.97 bits per heavy atom. The molecule has 0 saturated carbocycles. The molecule has 2 aromatic carbocycles. The molecule has 6 atom stereocenters. The Bertz CT molecular complexity index is 2200. The number of amides is 7. The second-order valence-electron chi connectivity index (χ2n) is 14.9. The first-order valence-corrected chi connectivity index (χ1v) is 20.0. The van der Waals surface area contributed by atoms with Gasteiger partial charge in [-0.2, -0.15) is 0 Å². The van der Waals surface area contributed by atoms with Crippen LogP contribution in [-0.2, 0) is 64.0 Å². The average Bonchev–Trinajstić information content (AvgIpc) is 4.07. The highest BCUT2D eigenvalue weighted by molar-refractivity contribution is 5.97. The van der Waals surface area contributed by atoms with Crippen LogP contribution in [0.5, 0.6) is 5.75 Å². The van der Waals surface area contributed by atoms with E-state index in [4.69, 9.17) is 11.5 Å². The predicted octanol–water partition coefficient (Wildman–Crippen LogP) is -2.56. The van der Waals surface area contributed by atoms with Crippen molar-refractivity contribution >= 4 is 47.3 Å². The number of benzene rings is 2. The molecule has 0 spiro atoms. The highest BCUT2D eigenvalue weighted by Gasteiger charge is 2.39. The molecule has 4 aromatic rings. The number of phenolic OH excluding ortho intramolecular Hbond substituents is 1. The van der Waals surface area contributed by atoms with Crippen LogP contribution in [0.2, 0.25) is 0 Å². The summed E-state index contributed by atoms with van der Waals surface area (Å²) < 4.78 is 0. The van der Waals surface area contributed by atoms with Gasteiger partial charge < -0.3 is 63.1 Å². The number of aliphatic carboxylic acids is 1. The number of aromatic hydroxyl groups is 1. The minimum atomic E-state index is -1.60. The SMILES string of the molecule is NC(=O)C[C@H](NC(=O)CNC(=O)[C@H](Cc1ccccc1)NC(=O)[C@@H]1CCCN1C(=O)[C@H](Cc1ccc(O)cc1)NC(=O)[C@@H](N)Cc1cnc[nH]1)C(=O)N[C@@H](Cc1cnc[nH]1)C(=O)O. The van der Waals surface area contributed by atoms with Crippen molar-refractivity contribution in [3.8, 4) is 5.75 Å². The number of phenols is 1. The molecule has 22 nitrogen and oxygen atoms in total. The quantitative estimate of drug-likeness (QED) is 0.0388. The first kappa shape index (κ1) is 46.4.